The molecule has 0 radical (unpaired) electrons. The van der Waals surface area contributed by atoms with E-state index in [1.165, 1.54) is 6.07 Å². The molecule has 2 aromatic rings. The fraction of sp³-hybridized carbons (Fsp3) is 0.333. The molecule has 0 aliphatic carbocycles. The summed E-state index contributed by atoms with van der Waals surface area (Å²) in [6.07, 6.45) is 0.819. The van der Waals surface area contributed by atoms with Crippen molar-refractivity contribution in [2.24, 2.45) is 0 Å². The lowest BCUT2D eigenvalue weighted by molar-refractivity contribution is 0.0963. The number of benzene rings is 2. The minimum absolute atomic E-state index is 0.273. The summed E-state index contributed by atoms with van der Waals surface area (Å²) in [5.74, 6) is 0.151. The van der Waals surface area contributed by atoms with E-state index in [1.807, 2.05) is 26.8 Å². The van der Waals surface area contributed by atoms with Crippen LogP contribution in [0.15, 0.2) is 30.3 Å². The first kappa shape index (κ1) is 21.6. The lowest BCUT2D eigenvalue weighted by Gasteiger charge is -2.16. The molecule has 2 amide bonds. The minimum atomic E-state index is -0.402. The topological polar surface area (TPSA) is 76.7 Å². The molecule has 0 aliphatic heterocycles. The van der Waals surface area contributed by atoms with Crippen molar-refractivity contribution >= 4 is 29.1 Å². The Morgan fingerprint density at radius 3 is 2.50 bits per heavy atom. The molecule has 6 nitrogen and oxygen atoms in total. The van der Waals surface area contributed by atoms with Gasteiger partial charge >= 0.3 is 0 Å². The first-order valence-electron chi connectivity index (χ1n) is 9.15. The maximum atomic E-state index is 12.8. The van der Waals surface area contributed by atoms with Gasteiger partial charge in [-0.1, -0.05) is 30.7 Å². The molecular weight excluding hydrogens is 380 g/mol. The van der Waals surface area contributed by atoms with Crippen molar-refractivity contribution in [3.8, 4) is 11.5 Å². The number of anilines is 1. The number of carbonyl (C=O) groups is 2. The monoisotopic (exact) mass is 404 g/mol. The minimum Gasteiger partial charge on any atom is -0.490 e. The molecule has 2 N–H and O–H groups in total. The normalized spacial score (nSPS) is 10.3. The highest BCUT2D eigenvalue weighted by Crippen LogP contribution is 2.37. The van der Waals surface area contributed by atoms with Crippen LogP contribution in [0, 0.1) is 6.92 Å². The third-order valence-electron chi connectivity index (χ3n) is 4.00. The van der Waals surface area contributed by atoms with Gasteiger partial charge in [0.1, 0.15) is 0 Å². The van der Waals surface area contributed by atoms with Crippen molar-refractivity contribution in [3.63, 3.8) is 0 Å². The molecule has 0 heterocycles. The van der Waals surface area contributed by atoms with E-state index in [0.29, 0.717) is 46.5 Å². The molecule has 150 valence electrons. The average Bonchev–Trinajstić information content (AvgIpc) is 2.67. The van der Waals surface area contributed by atoms with Crippen LogP contribution in [-0.2, 0) is 0 Å². The molecule has 0 bridgehead atoms. The zero-order valence-corrected chi connectivity index (χ0v) is 17.3. The van der Waals surface area contributed by atoms with Crippen LogP contribution in [0.2, 0.25) is 5.02 Å². The summed E-state index contributed by atoms with van der Waals surface area (Å²) in [6, 6.07) is 8.38. The third-order valence-corrected chi connectivity index (χ3v) is 4.28. The molecule has 0 fully saturated rings. The molecular formula is C21H25ClN2O4. The second-order valence-corrected chi connectivity index (χ2v) is 6.50. The second-order valence-electron chi connectivity index (χ2n) is 6.10. The van der Waals surface area contributed by atoms with E-state index >= 15 is 0 Å². The van der Waals surface area contributed by atoms with Gasteiger partial charge in [0, 0.05) is 12.6 Å². The van der Waals surface area contributed by atoms with Crippen LogP contribution in [0.25, 0.3) is 0 Å². The number of amides is 2. The Balaban J connectivity index is 2.37. The van der Waals surface area contributed by atoms with E-state index in [9.17, 15) is 9.59 Å². The Labute approximate surface area is 170 Å². The zero-order valence-electron chi connectivity index (χ0n) is 16.5. The first-order valence-corrected chi connectivity index (χ1v) is 9.52. The van der Waals surface area contributed by atoms with Crippen molar-refractivity contribution in [1.82, 2.24) is 5.32 Å². The van der Waals surface area contributed by atoms with Crippen molar-refractivity contribution in [2.45, 2.75) is 27.2 Å². The summed E-state index contributed by atoms with van der Waals surface area (Å²) in [4.78, 5) is 25.0. The Morgan fingerprint density at radius 2 is 1.86 bits per heavy atom. The van der Waals surface area contributed by atoms with Gasteiger partial charge in [0.25, 0.3) is 11.8 Å². The number of hydrogen-bond donors (Lipinski definition) is 2. The van der Waals surface area contributed by atoms with E-state index < -0.39 is 5.91 Å². The van der Waals surface area contributed by atoms with Crippen LogP contribution in [-0.4, -0.2) is 32.1 Å². The summed E-state index contributed by atoms with van der Waals surface area (Å²) in [7, 11) is 1.55. The van der Waals surface area contributed by atoms with Gasteiger partial charge in [0.2, 0.25) is 0 Å². The molecule has 0 aliphatic rings. The van der Waals surface area contributed by atoms with Crippen LogP contribution in [0.3, 0.4) is 0 Å². The molecule has 0 spiro atoms. The van der Waals surface area contributed by atoms with E-state index in [-0.39, 0.29) is 5.91 Å². The molecule has 0 unspecified atom stereocenters. The fourth-order valence-corrected chi connectivity index (χ4v) is 2.96. The molecule has 2 rings (SSSR count). The van der Waals surface area contributed by atoms with Gasteiger partial charge in [0.05, 0.1) is 29.5 Å². The van der Waals surface area contributed by atoms with Gasteiger partial charge in [-0.25, -0.2) is 0 Å². The molecule has 0 saturated carbocycles. The lowest BCUT2D eigenvalue weighted by Crippen LogP contribution is -2.22. The molecule has 0 saturated heterocycles. The lowest BCUT2D eigenvalue weighted by atomic mass is 10.1. The maximum absolute atomic E-state index is 12.8. The van der Waals surface area contributed by atoms with Gasteiger partial charge in [-0.15, -0.1) is 0 Å². The van der Waals surface area contributed by atoms with Gasteiger partial charge in [0.15, 0.2) is 11.5 Å². The Kier molecular flexibility index (Phi) is 7.70. The molecule has 28 heavy (non-hydrogen) atoms. The van der Waals surface area contributed by atoms with Crippen molar-refractivity contribution in [2.75, 3.05) is 25.6 Å². The predicted octanol–water partition coefficient (Wildman–Crippen LogP) is 4.45. The number of rotatable bonds is 8. The molecule has 0 aromatic heterocycles. The van der Waals surface area contributed by atoms with Gasteiger partial charge < -0.3 is 20.1 Å². The highest BCUT2D eigenvalue weighted by molar-refractivity contribution is 6.32. The standard InChI is InChI=1S/C21H25ClN2O4/c1-5-10-28-19-15(22)11-14(12-17(19)27-6-2)20(25)24-16-9-7-8-13(3)18(16)21(26)23-4/h7-9,11-12H,5-6,10H2,1-4H3,(H,23,26)(H,24,25). The van der Waals surface area contributed by atoms with Crippen LogP contribution < -0.4 is 20.1 Å². The molecule has 2 aromatic carbocycles. The highest BCUT2D eigenvalue weighted by Gasteiger charge is 2.19. The third kappa shape index (κ3) is 4.95. The SMILES string of the molecule is CCCOc1c(Cl)cc(C(=O)Nc2cccc(C)c2C(=O)NC)cc1OCC. The van der Waals surface area contributed by atoms with E-state index in [1.54, 1.807) is 25.2 Å². The zero-order chi connectivity index (χ0) is 20.7. The summed E-state index contributed by atoms with van der Waals surface area (Å²) in [6.45, 7) is 6.53. The summed E-state index contributed by atoms with van der Waals surface area (Å²) < 4.78 is 11.3. The molecule has 0 atom stereocenters. The van der Waals surface area contributed by atoms with Crippen molar-refractivity contribution in [1.29, 1.82) is 0 Å². The van der Waals surface area contributed by atoms with Crippen molar-refractivity contribution < 1.29 is 19.1 Å². The number of halogens is 1. The number of ether oxygens (including phenoxy) is 2. The van der Waals surface area contributed by atoms with Crippen LogP contribution >= 0.6 is 11.6 Å². The number of nitrogens with one attached hydrogen (secondary N) is 2. The Morgan fingerprint density at radius 1 is 1.11 bits per heavy atom. The van der Waals surface area contributed by atoms with Gasteiger partial charge in [-0.3, -0.25) is 9.59 Å². The largest absolute Gasteiger partial charge is 0.490 e. The van der Waals surface area contributed by atoms with Gasteiger partial charge in [-0.05, 0) is 44.0 Å². The second kappa shape index (κ2) is 9.99. The maximum Gasteiger partial charge on any atom is 0.255 e. The van der Waals surface area contributed by atoms with Crippen LogP contribution in [0.4, 0.5) is 5.69 Å². The van der Waals surface area contributed by atoms with Crippen molar-refractivity contribution in [3.05, 3.63) is 52.0 Å². The Hall–Kier alpha value is -2.73. The first-order chi connectivity index (χ1) is 13.4. The number of hydrogen-bond acceptors (Lipinski definition) is 4. The van der Waals surface area contributed by atoms with Crippen LogP contribution in [0.5, 0.6) is 11.5 Å². The number of aryl methyl sites for hydroxylation is 1. The van der Waals surface area contributed by atoms with Gasteiger partial charge in [-0.2, -0.15) is 0 Å². The quantitative estimate of drug-likeness (QED) is 0.681. The summed E-state index contributed by atoms with van der Waals surface area (Å²) in [5, 5.41) is 5.67. The van der Waals surface area contributed by atoms with E-state index in [4.69, 9.17) is 21.1 Å². The van der Waals surface area contributed by atoms with E-state index in [2.05, 4.69) is 10.6 Å². The highest BCUT2D eigenvalue weighted by atomic mass is 35.5. The predicted molar refractivity (Wildman–Crippen MR) is 111 cm³/mol. The fourth-order valence-electron chi connectivity index (χ4n) is 2.70. The number of carbonyl (C=O) groups excluding carboxylic acids is 2. The van der Waals surface area contributed by atoms with E-state index in [0.717, 1.165) is 12.0 Å². The summed E-state index contributed by atoms with van der Waals surface area (Å²) in [5.41, 5.74) is 1.90. The van der Waals surface area contributed by atoms with Crippen LogP contribution in [0.1, 0.15) is 46.5 Å². The molecule has 7 heteroatoms. The summed E-state index contributed by atoms with van der Waals surface area (Å²) >= 11 is 6.33. The Bertz CT molecular complexity index is 868. The smallest absolute Gasteiger partial charge is 0.255 e. The average molecular weight is 405 g/mol.